The van der Waals surface area contributed by atoms with Gasteiger partial charge in [-0.15, -0.1) is 11.3 Å². The number of amides is 2. The number of rotatable bonds is 6. The predicted molar refractivity (Wildman–Crippen MR) is 124 cm³/mol. The zero-order valence-electron chi connectivity index (χ0n) is 18.0. The van der Waals surface area contributed by atoms with Crippen LogP contribution in [-0.2, 0) is 4.79 Å². The number of piperidine rings is 1. The van der Waals surface area contributed by atoms with E-state index in [9.17, 15) is 9.59 Å². The van der Waals surface area contributed by atoms with E-state index in [0.717, 1.165) is 16.3 Å². The first-order valence-corrected chi connectivity index (χ1v) is 11.3. The molecular weight excluding hydrogens is 426 g/mol. The van der Waals surface area contributed by atoms with Gasteiger partial charge < -0.3 is 19.7 Å². The van der Waals surface area contributed by atoms with Gasteiger partial charge in [0.2, 0.25) is 5.91 Å². The average Bonchev–Trinajstić information content (AvgIpc) is 3.34. The first kappa shape index (κ1) is 21.8. The number of aromatic nitrogens is 1. The number of para-hydroxylation sites is 1. The molecule has 3 aromatic rings. The molecule has 1 aliphatic rings. The number of nitrogens with zero attached hydrogens (tertiary/aromatic N) is 2. The van der Waals surface area contributed by atoms with Crippen molar-refractivity contribution < 1.29 is 19.1 Å². The van der Waals surface area contributed by atoms with E-state index in [0.29, 0.717) is 43.1 Å². The van der Waals surface area contributed by atoms with Crippen LogP contribution in [0.1, 0.15) is 23.3 Å². The Hall–Kier alpha value is -3.39. The van der Waals surface area contributed by atoms with Crippen molar-refractivity contribution in [1.29, 1.82) is 0 Å². The van der Waals surface area contributed by atoms with Gasteiger partial charge in [0.15, 0.2) is 11.5 Å². The van der Waals surface area contributed by atoms with Gasteiger partial charge in [-0.3, -0.25) is 9.59 Å². The molecule has 0 saturated carbocycles. The van der Waals surface area contributed by atoms with Crippen LogP contribution in [0.3, 0.4) is 0 Å². The van der Waals surface area contributed by atoms with Crippen LogP contribution in [0.5, 0.6) is 11.5 Å². The Labute approximate surface area is 191 Å². The molecule has 1 fully saturated rings. The summed E-state index contributed by atoms with van der Waals surface area (Å²) in [6.45, 7) is 1.07. The van der Waals surface area contributed by atoms with Gasteiger partial charge in [-0.2, -0.15) is 0 Å². The number of thiazole rings is 1. The number of ether oxygens (including phenoxy) is 2. The SMILES string of the molecule is COc1ccc(-c2nc(C(=O)N3CCC(C(=O)Nc4ccccc4)CC3)cs2)cc1OC. The van der Waals surface area contributed by atoms with Crippen LogP contribution in [-0.4, -0.2) is 49.0 Å². The van der Waals surface area contributed by atoms with Gasteiger partial charge >= 0.3 is 0 Å². The molecule has 2 amide bonds. The number of nitrogens with one attached hydrogen (secondary N) is 1. The quantitative estimate of drug-likeness (QED) is 0.604. The number of likely N-dealkylation sites (tertiary alicyclic amines) is 1. The van der Waals surface area contributed by atoms with Gasteiger partial charge in [-0.1, -0.05) is 18.2 Å². The van der Waals surface area contributed by atoms with Crippen molar-refractivity contribution in [3.8, 4) is 22.1 Å². The topological polar surface area (TPSA) is 80.8 Å². The second-order valence-electron chi connectivity index (χ2n) is 7.53. The second-order valence-corrected chi connectivity index (χ2v) is 8.39. The Bertz CT molecular complexity index is 1090. The third-order valence-electron chi connectivity index (χ3n) is 5.55. The molecule has 1 aromatic heterocycles. The third-order valence-corrected chi connectivity index (χ3v) is 6.44. The number of hydrogen-bond acceptors (Lipinski definition) is 6. The van der Waals surface area contributed by atoms with Gasteiger partial charge in [-0.05, 0) is 43.2 Å². The Balaban J connectivity index is 1.37. The maximum absolute atomic E-state index is 13.0. The van der Waals surface area contributed by atoms with E-state index in [1.807, 2.05) is 48.5 Å². The molecule has 4 rings (SSSR count). The van der Waals surface area contributed by atoms with Crippen molar-refractivity contribution in [2.75, 3.05) is 32.6 Å². The molecule has 0 radical (unpaired) electrons. The standard InChI is InChI=1S/C24H25N3O4S/c1-30-20-9-8-17(14-21(20)31-2)23-26-19(15-32-23)24(29)27-12-10-16(11-13-27)22(28)25-18-6-4-3-5-7-18/h3-9,14-16H,10-13H2,1-2H3,(H,25,28). The van der Waals surface area contributed by atoms with E-state index in [1.54, 1.807) is 24.5 Å². The zero-order valence-corrected chi connectivity index (χ0v) is 18.9. The van der Waals surface area contributed by atoms with Crippen LogP contribution in [0, 0.1) is 5.92 Å². The van der Waals surface area contributed by atoms with Crippen LogP contribution < -0.4 is 14.8 Å². The van der Waals surface area contributed by atoms with Crippen LogP contribution >= 0.6 is 11.3 Å². The van der Waals surface area contributed by atoms with Crippen molar-refractivity contribution in [2.45, 2.75) is 12.8 Å². The molecule has 32 heavy (non-hydrogen) atoms. The lowest BCUT2D eigenvalue weighted by Crippen LogP contribution is -2.41. The minimum absolute atomic E-state index is 0.00713. The van der Waals surface area contributed by atoms with E-state index < -0.39 is 0 Å². The second kappa shape index (κ2) is 9.82. The summed E-state index contributed by atoms with van der Waals surface area (Å²) in [6.07, 6.45) is 1.27. The lowest BCUT2D eigenvalue weighted by Gasteiger charge is -2.30. The monoisotopic (exact) mass is 451 g/mol. The van der Waals surface area contributed by atoms with E-state index in [4.69, 9.17) is 9.47 Å². The number of methoxy groups -OCH3 is 2. The number of carbonyl (C=O) groups excluding carboxylic acids is 2. The Morgan fingerprint density at radius 3 is 2.44 bits per heavy atom. The van der Waals surface area contributed by atoms with Crippen molar-refractivity contribution in [3.05, 3.63) is 59.6 Å². The number of anilines is 1. The van der Waals surface area contributed by atoms with E-state index >= 15 is 0 Å². The Morgan fingerprint density at radius 2 is 1.75 bits per heavy atom. The fourth-order valence-electron chi connectivity index (χ4n) is 3.75. The normalized spacial score (nSPS) is 14.1. The Morgan fingerprint density at radius 1 is 1.03 bits per heavy atom. The molecule has 2 heterocycles. The lowest BCUT2D eigenvalue weighted by molar-refractivity contribution is -0.121. The number of benzene rings is 2. The lowest BCUT2D eigenvalue weighted by atomic mass is 9.95. The predicted octanol–water partition coefficient (Wildman–Crippen LogP) is 4.32. The zero-order chi connectivity index (χ0) is 22.5. The molecule has 1 aliphatic heterocycles. The third kappa shape index (κ3) is 4.75. The molecule has 0 unspecified atom stereocenters. The molecule has 2 aromatic carbocycles. The van der Waals surface area contributed by atoms with Gasteiger partial charge in [0.25, 0.3) is 5.91 Å². The maximum Gasteiger partial charge on any atom is 0.273 e. The largest absolute Gasteiger partial charge is 0.493 e. The highest BCUT2D eigenvalue weighted by atomic mass is 32.1. The van der Waals surface area contributed by atoms with Gasteiger partial charge in [-0.25, -0.2) is 4.98 Å². The summed E-state index contributed by atoms with van der Waals surface area (Å²) in [5.41, 5.74) is 2.08. The molecule has 7 nitrogen and oxygen atoms in total. The maximum atomic E-state index is 13.0. The van der Waals surface area contributed by atoms with Crippen molar-refractivity contribution in [1.82, 2.24) is 9.88 Å². The highest BCUT2D eigenvalue weighted by molar-refractivity contribution is 7.13. The smallest absolute Gasteiger partial charge is 0.273 e. The van der Waals surface area contributed by atoms with Crippen molar-refractivity contribution in [3.63, 3.8) is 0 Å². The minimum atomic E-state index is -0.102. The van der Waals surface area contributed by atoms with E-state index in [-0.39, 0.29) is 17.7 Å². The highest BCUT2D eigenvalue weighted by Gasteiger charge is 2.29. The molecule has 8 heteroatoms. The van der Waals surface area contributed by atoms with Crippen molar-refractivity contribution in [2.24, 2.45) is 5.92 Å². The molecular formula is C24H25N3O4S. The molecule has 166 valence electrons. The van der Waals surface area contributed by atoms with Crippen LogP contribution in [0.15, 0.2) is 53.9 Å². The summed E-state index contributed by atoms with van der Waals surface area (Å²) in [5.74, 6) is 1.06. The molecule has 1 N–H and O–H groups in total. The van der Waals surface area contributed by atoms with Gasteiger partial charge in [0.1, 0.15) is 10.7 Å². The number of hydrogen-bond donors (Lipinski definition) is 1. The molecule has 0 spiro atoms. The van der Waals surface area contributed by atoms with Gasteiger partial charge in [0.05, 0.1) is 14.2 Å². The molecule has 0 bridgehead atoms. The summed E-state index contributed by atoms with van der Waals surface area (Å²) >= 11 is 1.42. The summed E-state index contributed by atoms with van der Waals surface area (Å²) in [6, 6.07) is 15.0. The van der Waals surface area contributed by atoms with Gasteiger partial charge in [0, 0.05) is 35.6 Å². The molecule has 0 atom stereocenters. The fourth-order valence-corrected chi connectivity index (χ4v) is 4.54. The number of carbonyl (C=O) groups is 2. The first-order valence-electron chi connectivity index (χ1n) is 10.4. The first-order chi connectivity index (χ1) is 15.6. The minimum Gasteiger partial charge on any atom is -0.493 e. The fraction of sp³-hybridized carbons (Fsp3) is 0.292. The molecule has 1 saturated heterocycles. The van der Waals surface area contributed by atoms with Crippen LogP contribution in [0.2, 0.25) is 0 Å². The average molecular weight is 452 g/mol. The van der Waals surface area contributed by atoms with Crippen molar-refractivity contribution >= 4 is 28.8 Å². The molecule has 0 aliphatic carbocycles. The summed E-state index contributed by atoms with van der Waals surface area (Å²) in [5, 5.41) is 5.48. The summed E-state index contributed by atoms with van der Waals surface area (Å²) < 4.78 is 10.6. The van der Waals surface area contributed by atoms with E-state index in [2.05, 4.69) is 10.3 Å². The highest BCUT2D eigenvalue weighted by Crippen LogP contribution is 2.34. The summed E-state index contributed by atoms with van der Waals surface area (Å²) in [7, 11) is 3.17. The van der Waals surface area contributed by atoms with Crippen LogP contribution in [0.4, 0.5) is 5.69 Å². The van der Waals surface area contributed by atoms with Crippen LogP contribution in [0.25, 0.3) is 10.6 Å². The van der Waals surface area contributed by atoms with E-state index in [1.165, 1.54) is 11.3 Å². The Kier molecular flexibility index (Phi) is 6.70. The summed E-state index contributed by atoms with van der Waals surface area (Å²) in [4.78, 5) is 31.8.